The molecule has 12 rings (SSSR count). The molecule has 0 aromatic heterocycles. The van der Waals surface area contributed by atoms with E-state index in [2.05, 4.69) is 278 Å². The van der Waals surface area contributed by atoms with Crippen molar-refractivity contribution in [2.75, 3.05) is 4.90 Å². The maximum absolute atomic E-state index is 2.51. The van der Waals surface area contributed by atoms with Crippen LogP contribution in [0.3, 0.4) is 0 Å². The highest BCUT2D eigenvalue weighted by Crippen LogP contribution is 2.59. The van der Waals surface area contributed by atoms with Gasteiger partial charge in [-0.05, 0) is 126 Å². The van der Waals surface area contributed by atoms with Crippen molar-refractivity contribution in [3.05, 3.63) is 295 Å². The minimum atomic E-state index is -0.541. The minimum absolute atomic E-state index is 0.541. The van der Waals surface area contributed by atoms with Crippen molar-refractivity contribution >= 4 is 27.8 Å². The van der Waals surface area contributed by atoms with E-state index in [0.717, 1.165) is 33.8 Å². The van der Waals surface area contributed by atoms with Crippen molar-refractivity contribution in [1.82, 2.24) is 0 Å². The number of hydrogen-bond acceptors (Lipinski definition) is 1. The molecule has 66 heavy (non-hydrogen) atoms. The van der Waals surface area contributed by atoms with E-state index in [0.29, 0.717) is 0 Å². The Kier molecular flexibility index (Phi) is 9.81. The van der Waals surface area contributed by atoms with Crippen molar-refractivity contribution < 1.29 is 0 Å². The third kappa shape index (κ3) is 6.64. The number of nitrogens with zero attached hydrogens (tertiary/aromatic N) is 1. The Balaban J connectivity index is 1.12. The fourth-order valence-corrected chi connectivity index (χ4v) is 10.6. The van der Waals surface area contributed by atoms with E-state index in [-0.39, 0.29) is 0 Å². The van der Waals surface area contributed by atoms with Crippen LogP contribution in [0.4, 0.5) is 17.1 Å². The van der Waals surface area contributed by atoms with Crippen LogP contribution in [0.1, 0.15) is 22.3 Å². The van der Waals surface area contributed by atoms with E-state index in [1.165, 1.54) is 72.0 Å². The third-order valence-corrected chi connectivity index (χ3v) is 13.5. The molecule has 0 saturated heterocycles. The molecule has 0 atom stereocenters. The maximum atomic E-state index is 2.51. The zero-order valence-corrected chi connectivity index (χ0v) is 36.4. The molecule has 0 aliphatic heterocycles. The van der Waals surface area contributed by atoms with Gasteiger partial charge in [0.05, 0.1) is 11.1 Å². The first-order valence-electron chi connectivity index (χ1n) is 22.8. The molecule has 0 radical (unpaired) electrons. The first kappa shape index (κ1) is 39.1. The average molecular weight is 840 g/mol. The lowest BCUT2D eigenvalue weighted by molar-refractivity contribution is 0.768. The Hall–Kier alpha value is -8.52. The lowest BCUT2D eigenvalue weighted by Crippen LogP contribution is -2.28. The molecule has 0 unspecified atom stereocenters. The summed E-state index contributed by atoms with van der Waals surface area (Å²) in [6.45, 7) is 0. The van der Waals surface area contributed by atoms with Crippen molar-refractivity contribution in [1.29, 1.82) is 0 Å². The summed E-state index contributed by atoms with van der Waals surface area (Å²) in [6, 6.07) is 100. The Bertz CT molecular complexity index is 3420. The van der Waals surface area contributed by atoms with Crippen LogP contribution in [0, 0.1) is 0 Å². The summed E-state index contributed by atoms with van der Waals surface area (Å²) in [4.78, 5) is 2.51. The largest absolute Gasteiger partial charge is 0.310 e. The molecule has 0 amide bonds. The fourth-order valence-electron chi connectivity index (χ4n) is 10.6. The van der Waals surface area contributed by atoms with Crippen LogP contribution in [0.15, 0.2) is 273 Å². The molecule has 0 heterocycles. The molecule has 1 aliphatic rings. The predicted molar refractivity (Wildman–Crippen MR) is 278 cm³/mol. The number of hydrogen-bond donors (Lipinski definition) is 0. The smallest absolute Gasteiger partial charge is 0.0714 e. The van der Waals surface area contributed by atoms with Gasteiger partial charge in [0.25, 0.3) is 0 Å². The van der Waals surface area contributed by atoms with E-state index in [4.69, 9.17) is 0 Å². The van der Waals surface area contributed by atoms with Gasteiger partial charge in [-0.2, -0.15) is 0 Å². The number of rotatable bonds is 9. The zero-order valence-electron chi connectivity index (χ0n) is 36.4. The van der Waals surface area contributed by atoms with Crippen LogP contribution >= 0.6 is 0 Å². The molecule has 1 nitrogen and oxygen atoms in total. The lowest BCUT2D eigenvalue weighted by atomic mass is 9.68. The van der Waals surface area contributed by atoms with E-state index in [9.17, 15) is 0 Å². The Labute approximate surface area is 387 Å². The second-order valence-corrected chi connectivity index (χ2v) is 17.2. The van der Waals surface area contributed by atoms with Gasteiger partial charge in [0, 0.05) is 16.9 Å². The van der Waals surface area contributed by atoms with Gasteiger partial charge >= 0.3 is 0 Å². The summed E-state index contributed by atoms with van der Waals surface area (Å²) in [5.41, 5.74) is 19.7. The number of benzene rings is 11. The summed E-state index contributed by atoms with van der Waals surface area (Å²) < 4.78 is 0. The third-order valence-electron chi connectivity index (χ3n) is 13.5. The van der Waals surface area contributed by atoms with Gasteiger partial charge < -0.3 is 4.90 Å². The Morgan fingerprint density at radius 3 is 1.42 bits per heavy atom. The van der Waals surface area contributed by atoms with Gasteiger partial charge in [0.2, 0.25) is 0 Å². The normalized spacial score (nSPS) is 12.4. The van der Waals surface area contributed by atoms with Gasteiger partial charge in [-0.3, -0.25) is 0 Å². The highest BCUT2D eigenvalue weighted by Gasteiger charge is 2.47. The minimum Gasteiger partial charge on any atom is -0.310 e. The van der Waals surface area contributed by atoms with E-state index in [1.54, 1.807) is 0 Å². The standard InChI is InChI=1S/C65H45N/c1-5-21-46(22-6-1)52-42-53(47-23-7-2-8-24-47)45-57(44-52)66(56-34-18-28-50(43-56)49-27-17-29-51(41-49)59-37-19-26-48-25-13-14-35-58(48)59)63-40-20-39-62-64(63)60-36-15-16-38-61(60)65(62,54-30-9-3-10-31-54)55-32-11-4-12-33-55/h1-45H. The lowest BCUT2D eigenvalue weighted by Gasteiger charge is -2.34. The first-order valence-corrected chi connectivity index (χ1v) is 22.8. The molecule has 0 spiro atoms. The predicted octanol–water partition coefficient (Wildman–Crippen LogP) is 17.3. The van der Waals surface area contributed by atoms with Crippen molar-refractivity contribution in [3.8, 4) is 55.6 Å². The van der Waals surface area contributed by atoms with Crippen LogP contribution in [0.2, 0.25) is 0 Å². The van der Waals surface area contributed by atoms with E-state index < -0.39 is 5.41 Å². The Morgan fingerprint density at radius 1 is 0.273 bits per heavy atom. The number of anilines is 3. The van der Waals surface area contributed by atoms with Gasteiger partial charge in [0.15, 0.2) is 0 Å². The van der Waals surface area contributed by atoms with Crippen LogP contribution in [-0.2, 0) is 5.41 Å². The topological polar surface area (TPSA) is 3.24 Å². The maximum Gasteiger partial charge on any atom is 0.0714 e. The Morgan fingerprint density at radius 2 is 0.727 bits per heavy atom. The van der Waals surface area contributed by atoms with Crippen molar-refractivity contribution in [3.63, 3.8) is 0 Å². The summed E-state index contributed by atoms with van der Waals surface area (Å²) in [5.74, 6) is 0. The molecule has 11 aromatic carbocycles. The van der Waals surface area contributed by atoms with Crippen LogP contribution in [0.5, 0.6) is 0 Å². The van der Waals surface area contributed by atoms with Crippen LogP contribution in [-0.4, -0.2) is 0 Å². The molecule has 0 fully saturated rings. The van der Waals surface area contributed by atoms with Gasteiger partial charge in [-0.25, -0.2) is 0 Å². The second kappa shape index (κ2) is 16.6. The highest BCUT2D eigenvalue weighted by atomic mass is 15.1. The molecule has 1 heteroatoms. The molecular formula is C65H45N. The molecule has 1 aliphatic carbocycles. The van der Waals surface area contributed by atoms with Crippen LogP contribution < -0.4 is 4.90 Å². The second-order valence-electron chi connectivity index (χ2n) is 17.2. The average Bonchev–Trinajstić information content (AvgIpc) is 3.71. The SMILES string of the molecule is c1ccc(-c2cc(-c3ccccc3)cc(N(c3cccc(-c4cccc(-c5cccc6ccccc56)c4)c3)c3cccc4c3-c3ccccc3C4(c3ccccc3)c3ccccc3)c2)cc1. The summed E-state index contributed by atoms with van der Waals surface area (Å²) >= 11 is 0. The number of fused-ring (bicyclic) bond motifs is 4. The first-order chi connectivity index (χ1) is 32.7. The van der Waals surface area contributed by atoms with Crippen molar-refractivity contribution in [2.45, 2.75) is 5.41 Å². The van der Waals surface area contributed by atoms with E-state index in [1.807, 2.05) is 0 Å². The van der Waals surface area contributed by atoms with Gasteiger partial charge in [-0.1, -0.05) is 231 Å². The van der Waals surface area contributed by atoms with Crippen LogP contribution in [0.25, 0.3) is 66.4 Å². The van der Waals surface area contributed by atoms with E-state index >= 15 is 0 Å². The highest BCUT2D eigenvalue weighted by molar-refractivity contribution is 6.00. The zero-order chi connectivity index (χ0) is 43.9. The molecular weight excluding hydrogens is 795 g/mol. The monoisotopic (exact) mass is 839 g/mol. The summed E-state index contributed by atoms with van der Waals surface area (Å²) in [6.07, 6.45) is 0. The van der Waals surface area contributed by atoms with Crippen molar-refractivity contribution in [2.24, 2.45) is 0 Å². The fraction of sp³-hybridized carbons (Fsp3) is 0.0154. The molecule has 310 valence electrons. The molecule has 0 N–H and O–H groups in total. The molecule has 0 bridgehead atoms. The molecule has 0 saturated carbocycles. The van der Waals surface area contributed by atoms with Gasteiger partial charge in [-0.15, -0.1) is 0 Å². The van der Waals surface area contributed by atoms with Gasteiger partial charge in [0.1, 0.15) is 0 Å². The quantitative estimate of drug-likeness (QED) is 0.140. The molecule has 11 aromatic rings. The summed E-state index contributed by atoms with van der Waals surface area (Å²) in [7, 11) is 0. The summed E-state index contributed by atoms with van der Waals surface area (Å²) in [5, 5.41) is 2.50.